The minimum Gasteiger partial charge on any atom is -0.489 e. The Bertz CT molecular complexity index is 977. The van der Waals surface area contributed by atoms with Crippen LogP contribution in [0, 0.1) is 6.92 Å². The van der Waals surface area contributed by atoms with E-state index in [0.29, 0.717) is 5.75 Å². The van der Waals surface area contributed by atoms with Gasteiger partial charge in [-0.15, -0.1) is 0 Å². The third kappa shape index (κ3) is 3.63. The number of alkyl halides is 3. The Kier molecular flexibility index (Phi) is 4.87. The molecule has 0 aliphatic carbocycles. The number of hydrogen-bond acceptors (Lipinski definition) is 3. The standard InChI is InChI=1S/C22H21F3N2O/c1-15-16(14-28-18-7-5-17(6-8-18)22(23,24)25)4-9-19-20(10-11-26-21(15)19)27-12-2-3-13-27/h4-11H,2-3,12-14H2,1H3. The van der Waals surface area contributed by atoms with Crippen molar-refractivity contribution in [2.45, 2.75) is 32.5 Å². The Balaban J connectivity index is 1.55. The molecule has 3 aromatic rings. The summed E-state index contributed by atoms with van der Waals surface area (Å²) in [7, 11) is 0. The van der Waals surface area contributed by atoms with E-state index in [-0.39, 0.29) is 6.61 Å². The van der Waals surface area contributed by atoms with Gasteiger partial charge in [0.2, 0.25) is 0 Å². The molecule has 0 spiro atoms. The highest BCUT2D eigenvalue weighted by molar-refractivity contribution is 5.94. The van der Waals surface area contributed by atoms with E-state index in [1.54, 1.807) is 0 Å². The lowest BCUT2D eigenvalue weighted by atomic mass is 10.0. The molecule has 0 amide bonds. The van der Waals surface area contributed by atoms with Gasteiger partial charge in [0.05, 0.1) is 11.1 Å². The largest absolute Gasteiger partial charge is 0.489 e. The molecule has 0 radical (unpaired) electrons. The molecule has 0 bridgehead atoms. The van der Waals surface area contributed by atoms with Gasteiger partial charge in [-0.1, -0.05) is 12.1 Å². The molecule has 1 aromatic heterocycles. The molecule has 6 heteroatoms. The summed E-state index contributed by atoms with van der Waals surface area (Å²) in [4.78, 5) is 6.95. The number of hydrogen-bond donors (Lipinski definition) is 0. The van der Waals surface area contributed by atoms with E-state index < -0.39 is 11.7 Å². The highest BCUT2D eigenvalue weighted by atomic mass is 19.4. The van der Waals surface area contributed by atoms with Gasteiger partial charge < -0.3 is 9.64 Å². The van der Waals surface area contributed by atoms with Crippen LogP contribution in [-0.2, 0) is 12.8 Å². The topological polar surface area (TPSA) is 25.4 Å². The first-order valence-corrected chi connectivity index (χ1v) is 9.36. The molecule has 3 nitrogen and oxygen atoms in total. The number of anilines is 1. The summed E-state index contributed by atoms with van der Waals surface area (Å²) >= 11 is 0. The average Bonchev–Trinajstić information content (AvgIpc) is 3.21. The molecule has 28 heavy (non-hydrogen) atoms. The quantitative estimate of drug-likeness (QED) is 0.572. The number of ether oxygens (including phenoxy) is 1. The average molecular weight is 386 g/mol. The van der Waals surface area contributed by atoms with Crippen LogP contribution in [0.2, 0.25) is 0 Å². The minimum absolute atomic E-state index is 0.281. The molecule has 4 rings (SSSR count). The SMILES string of the molecule is Cc1c(COc2ccc(C(F)(F)F)cc2)ccc2c(N3CCCC3)ccnc12. The molecule has 1 aliphatic heterocycles. The zero-order chi connectivity index (χ0) is 19.7. The van der Waals surface area contributed by atoms with Crippen molar-refractivity contribution in [3.8, 4) is 5.75 Å². The maximum Gasteiger partial charge on any atom is 0.416 e. The smallest absolute Gasteiger partial charge is 0.416 e. The van der Waals surface area contributed by atoms with Crippen molar-refractivity contribution in [3.63, 3.8) is 0 Å². The molecule has 1 aliphatic rings. The van der Waals surface area contributed by atoms with Gasteiger partial charge in [-0.2, -0.15) is 13.2 Å². The summed E-state index contributed by atoms with van der Waals surface area (Å²) in [5, 5.41) is 1.13. The van der Waals surface area contributed by atoms with Crippen LogP contribution < -0.4 is 9.64 Å². The Morgan fingerprint density at radius 1 is 1.00 bits per heavy atom. The minimum atomic E-state index is -4.34. The van der Waals surface area contributed by atoms with Crippen molar-refractivity contribution in [3.05, 3.63) is 65.4 Å². The highest BCUT2D eigenvalue weighted by Crippen LogP contribution is 2.32. The van der Waals surface area contributed by atoms with Crippen molar-refractivity contribution in [2.24, 2.45) is 0 Å². The Hall–Kier alpha value is -2.76. The van der Waals surface area contributed by atoms with Crippen LogP contribution in [0.3, 0.4) is 0 Å². The summed E-state index contributed by atoms with van der Waals surface area (Å²) in [5.41, 5.74) is 3.48. The van der Waals surface area contributed by atoms with Gasteiger partial charge >= 0.3 is 6.18 Å². The maximum absolute atomic E-state index is 12.7. The Morgan fingerprint density at radius 2 is 1.71 bits per heavy atom. The lowest BCUT2D eigenvalue weighted by Gasteiger charge is -2.20. The van der Waals surface area contributed by atoms with Crippen molar-refractivity contribution in [2.75, 3.05) is 18.0 Å². The molecule has 1 fully saturated rings. The van der Waals surface area contributed by atoms with Crippen LogP contribution in [0.5, 0.6) is 5.75 Å². The molecule has 0 unspecified atom stereocenters. The van der Waals surface area contributed by atoms with E-state index in [0.717, 1.165) is 47.3 Å². The van der Waals surface area contributed by atoms with E-state index in [1.165, 1.54) is 30.7 Å². The predicted molar refractivity (Wildman–Crippen MR) is 104 cm³/mol. The van der Waals surface area contributed by atoms with E-state index in [1.807, 2.05) is 19.2 Å². The van der Waals surface area contributed by atoms with Crippen molar-refractivity contribution < 1.29 is 17.9 Å². The van der Waals surface area contributed by atoms with Crippen LogP contribution in [0.25, 0.3) is 10.9 Å². The third-order valence-electron chi connectivity index (χ3n) is 5.28. The number of aryl methyl sites for hydroxylation is 1. The van der Waals surface area contributed by atoms with Crippen molar-refractivity contribution in [1.29, 1.82) is 0 Å². The highest BCUT2D eigenvalue weighted by Gasteiger charge is 2.30. The number of halogens is 3. The first-order chi connectivity index (χ1) is 13.4. The van der Waals surface area contributed by atoms with E-state index >= 15 is 0 Å². The third-order valence-corrected chi connectivity index (χ3v) is 5.28. The van der Waals surface area contributed by atoms with E-state index in [2.05, 4.69) is 22.0 Å². The Morgan fingerprint density at radius 3 is 2.39 bits per heavy atom. The lowest BCUT2D eigenvalue weighted by Crippen LogP contribution is -2.18. The number of rotatable bonds is 4. The second-order valence-corrected chi connectivity index (χ2v) is 7.08. The molecule has 1 saturated heterocycles. The van der Waals surface area contributed by atoms with Gasteiger partial charge in [-0.3, -0.25) is 4.98 Å². The Labute approximate surface area is 161 Å². The lowest BCUT2D eigenvalue weighted by molar-refractivity contribution is -0.137. The summed E-state index contributed by atoms with van der Waals surface area (Å²) in [6, 6.07) is 10.9. The fourth-order valence-electron chi connectivity index (χ4n) is 3.68. The molecule has 0 atom stereocenters. The number of benzene rings is 2. The number of nitrogens with zero attached hydrogens (tertiary/aromatic N) is 2. The normalized spacial score (nSPS) is 14.6. The summed E-state index contributed by atoms with van der Waals surface area (Å²) in [6.45, 7) is 4.42. The van der Waals surface area contributed by atoms with Gasteiger partial charge in [0.15, 0.2) is 0 Å². The van der Waals surface area contributed by atoms with Crippen LogP contribution >= 0.6 is 0 Å². The van der Waals surface area contributed by atoms with E-state index in [4.69, 9.17) is 4.74 Å². The first-order valence-electron chi connectivity index (χ1n) is 9.36. The van der Waals surface area contributed by atoms with Crippen LogP contribution in [-0.4, -0.2) is 18.1 Å². The molecule has 0 N–H and O–H groups in total. The molecule has 2 aromatic carbocycles. The molecule has 146 valence electrons. The second-order valence-electron chi connectivity index (χ2n) is 7.08. The summed E-state index contributed by atoms with van der Waals surface area (Å²) in [5.74, 6) is 0.409. The van der Waals surface area contributed by atoms with Gasteiger partial charge in [0.25, 0.3) is 0 Å². The first kappa shape index (κ1) is 18.6. The van der Waals surface area contributed by atoms with Gasteiger partial charge in [0.1, 0.15) is 12.4 Å². The maximum atomic E-state index is 12.7. The summed E-state index contributed by atoms with van der Waals surface area (Å²) < 4.78 is 43.7. The molecule has 2 heterocycles. The van der Waals surface area contributed by atoms with Crippen molar-refractivity contribution in [1.82, 2.24) is 4.98 Å². The molecular formula is C22H21F3N2O. The fraction of sp³-hybridized carbons (Fsp3) is 0.318. The number of aromatic nitrogens is 1. The van der Waals surface area contributed by atoms with E-state index in [9.17, 15) is 13.2 Å². The zero-order valence-electron chi connectivity index (χ0n) is 15.6. The van der Waals surface area contributed by atoms with Crippen LogP contribution in [0.1, 0.15) is 29.5 Å². The monoisotopic (exact) mass is 386 g/mol. The molecular weight excluding hydrogens is 365 g/mol. The molecule has 0 saturated carbocycles. The second kappa shape index (κ2) is 7.34. The zero-order valence-corrected chi connectivity index (χ0v) is 15.6. The predicted octanol–water partition coefficient (Wildman–Crippen LogP) is 5.74. The van der Waals surface area contributed by atoms with Gasteiger partial charge in [-0.05, 0) is 61.2 Å². The number of pyridine rings is 1. The van der Waals surface area contributed by atoms with Gasteiger partial charge in [-0.25, -0.2) is 0 Å². The summed E-state index contributed by atoms with van der Waals surface area (Å²) in [6.07, 6.45) is -0.0840. The van der Waals surface area contributed by atoms with Gasteiger partial charge in [0, 0.05) is 30.4 Å². The van der Waals surface area contributed by atoms with Crippen LogP contribution in [0.15, 0.2) is 48.7 Å². The van der Waals surface area contributed by atoms with Crippen molar-refractivity contribution >= 4 is 16.6 Å². The fourth-order valence-corrected chi connectivity index (χ4v) is 3.68. The van der Waals surface area contributed by atoms with Crippen LogP contribution in [0.4, 0.5) is 18.9 Å². The number of fused-ring (bicyclic) bond motifs is 1.